The lowest BCUT2D eigenvalue weighted by Crippen LogP contribution is -1.97. The Hall–Kier alpha value is -13.7. The molecule has 0 atom stereocenters. The van der Waals surface area contributed by atoms with Crippen molar-refractivity contribution in [3.63, 3.8) is 0 Å². The predicted molar refractivity (Wildman–Crippen MR) is 479 cm³/mol. The fourth-order valence-corrected chi connectivity index (χ4v) is 16.2. The van der Waals surface area contributed by atoms with Gasteiger partial charge < -0.3 is 13.7 Å². The van der Waals surface area contributed by atoms with Gasteiger partial charge in [0.2, 0.25) is 0 Å². The molecule has 10 nitrogen and oxygen atoms in total. The molecule has 114 heavy (non-hydrogen) atoms. The van der Waals surface area contributed by atoms with Crippen LogP contribution in [-0.2, 0) is 0 Å². The fraction of sp³-hybridized carbons (Fsp3) is 0. The lowest BCUT2D eigenvalue weighted by Gasteiger charge is -2.11. The van der Waals surface area contributed by atoms with Crippen molar-refractivity contribution in [3.05, 3.63) is 408 Å². The molecule has 0 amide bonds. The van der Waals surface area contributed by atoms with Gasteiger partial charge in [0.1, 0.15) is 0 Å². The highest BCUT2D eigenvalue weighted by molar-refractivity contribution is 9.11. The number of nitrogens with zero attached hydrogens (tertiary/aromatic N) is 10. The van der Waals surface area contributed by atoms with Crippen LogP contribution in [0.25, 0.3) is 184 Å². The summed E-state index contributed by atoms with van der Waals surface area (Å²) in [5.41, 5.74) is 25.8. The summed E-state index contributed by atoms with van der Waals surface area (Å²) in [6.45, 7) is 0. The Kier molecular flexibility index (Phi) is 19.4. The largest absolute Gasteiger partial charge is 0.309 e. The molecule has 0 aliphatic rings. The minimum Gasteiger partial charge on any atom is -0.309 e. The second-order valence-corrected chi connectivity index (χ2v) is 30.4. The normalized spacial score (nSPS) is 11.3. The van der Waals surface area contributed by atoms with Crippen molar-refractivity contribution >= 4 is 113 Å². The van der Waals surface area contributed by atoms with Gasteiger partial charge in [-0.2, -0.15) is 0 Å². The third kappa shape index (κ3) is 14.2. The molecule has 0 spiro atoms. The van der Waals surface area contributed by atoms with Gasteiger partial charge in [0.05, 0.1) is 78.7 Å². The van der Waals surface area contributed by atoms with Crippen LogP contribution in [0.5, 0.6) is 0 Å². The van der Waals surface area contributed by atoms with Gasteiger partial charge in [0, 0.05) is 109 Å². The monoisotopic (exact) mass is 1650 g/mol. The predicted octanol–water partition coefficient (Wildman–Crippen LogP) is 27.4. The van der Waals surface area contributed by atoms with E-state index in [9.17, 15) is 0 Å². The van der Waals surface area contributed by atoms with Crippen molar-refractivity contribution in [2.24, 2.45) is 0 Å². The fourth-order valence-electron chi connectivity index (χ4n) is 15.2. The summed E-state index contributed by atoms with van der Waals surface area (Å²) in [5, 5.41) is 7.40. The minimum absolute atomic E-state index is 0.711. The Balaban J connectivity index is 0.000000115. The van der Waals surface area contributed by atoms with Gasteiger partial charge >= 0.3 is 0 Å². The maximum absolute atomic E-state index is 4.98. The topological polar surface area (TPSA) is 105 Å². The number of rotatable bonds is 12. The maximum atomic E-state index is 4.98. The molecule has 0 saturated carbocycles. The van der Waals surface area contributed by atoms with Gasteiger partial charge in [-0.15, -0.1) is 0 Å². The molecule has 0 saturated heterocycles. The van der Waals surface area contributed by atoms with Crippen molar-refractivity contribution in [2.75, 3.05) is 0 Å². The highest BCUT2D eigenvalue weighted by Crippen LogP contribution is 2.40. The lowest BCUT2D eigenvalue weighted by molar-refractivity contribution is 1.16. The van der Waals surface area contributed by atoms with Crippen molar-refractivity contribution in [2.45, 2.75) is 0 Å². The number of hydrogen-bond acceptors (Lipinski definition) is 7. The summed E-state index contributed by atoms with van der Waals surface area (Å²) < 4.78 is 10.2. The molecule has 0 fully saturated rings. The van der Waals surface area contributed by atoms with E-state index in [1.165, 1.54) is 65.4 Å². The SMILES string of the molecule is Brc1ccc2c(c1)c1ccccc1n2-c1ccc(-c2cc(-c3ccccc3)nc(-c3ccccc3)n2)cc1.Brc1ccc2c(c1)c1ccccc1n2-c1ccc(-c2cc(-c3ccccn3)nc(-c3ccccn3)c2)cc1.Brc1ccc2c(c1)c1ccccc1n2-c1ccc(-c2nc(-c3ccccc3)cc(-c3ccccc3)n2)cc1. The first kappa shape index (κ1) is 70.7. The van der Waals surface area contributed by atoms with Gasteiger partial charge in [0.25, 0.3) is 0 Å². The lowest BCUT2D eigenvalue weighted by atomic mass is 10.0. The molecule has 0 bridgehead atoms. The Morgan fingerprint density at radius 1 is 0.175 bits per heavy atom. The smallest absolute Gasteiger partial charge is 0.160 e. The van der Waals surface area contributed by atoms with E-state index in [4.69, 9.17) is 24.9 Å². The summed E-state index contributed by atoms with van der Waals surface area (Å²) in [7, 11) is 0. The molecule has 21 aromatic rings. The van der Waals surface area contributed by atoms with E-state index in [2.05, 4.69) is 344 Å². The molecule has 8 aromatic heterocycles. The Labute approximate surface area is 683 Å². The van der Waals surface area contributed by atoms with Crippen molar-refractivity contribution < 1.29 is 0 Å². The third-order valence-corrected chi connectivity index (χ3v) is 22.0. The van der Waals surface area contributed by atoms with E-state index in [1.807, 2.05) is 109 Å². The van der Waals surface area contributed by atoms with Gasteiger partial charge in [-0.05, 0) is 181 Å². The van der Waals surface area contributed by atoms with Crippen molar-refractivity contribution in [1.29, 1.82) is 0 Å². The molecule has 0 aliphatic carbocycles. The third-order valence-electron chi connectivity index (χ3n) is 20.5. The quantitative estimate of drug-likeness (QED) is 0.120. The van der Waals surface area contributed by atoms with Crippen LogP contribution in [0.2, 0.25) is 0 Å². The van der Waals surface area contributed by atoms with Crippen LogP contribution in [0.4, 0.5) is 0 Å². The zero-order chi connectivity index (χ0) is 76.4. The second-order valence-electron chi connectivity index (χ2n) is 27.6. The van der Waals surface area contributed by atoms with Crippen molar-refractivity contribution in [3.8, 4) is 119 Å². The summed E-state index contributed by atoms with van der Waals surface area (Å²) in [6, 6.07) is 132. The van der Waals surface area contributed by atoms with Crippen LogP contribution in [0.15, 0.2) is 408 Å². The number of fused-ring (bicyclic) bond motifs is 9. The number of benzene rings is 13. The minimum atomic E-state index is 0.711. The molecular weight excluding hydrogens is 1590 g/mol. The van der Waals surface area contributed by atoms with E-state index in [1.54, 1.807) is 12.4 Å². The van der Waals surface area contributed by atoms with Crippen LogP contribution in [-0.4, -0.2) is 48.6 Å². The number of aromatic nitrogens is 10. The molecule has 540 valence electrons. The highest BCUT2D eigenvalue weighted by Gasteiger charge is 2.20. The van der Waals surface area contributed by atoms with Crippen LogP contribution in [0.1, 0.15) is 0 Å². The van der Waals surface area contributed by atoms with Crippen molar-refractivity contribution in [1.82, 2.24) is 48.6 Å². The molecular formula is C101H65Br3N10. The average Bonchev–Trinajstić information content (AvgIpc) is 1.59. The number of hydrogen-bond donors (Lipinski definition) is 0. The van der Waals surface area contributed by atoms with Gasteiger partial charge in [-0.3, -0.25) is 9.97 Å². The number of pyridine rings is 3. The first-order valence-electron chi connectivity index (χ1n) is 37.5. The first-order chi connectivity index (χ1) is 56.2. The molecule has 0 aliphatic heterocycles. The zero-order valence-electron chi connectivity index (χ0n) is 61.1. The zero-order valence-corrected chi connectivity index (χ0v) is 65.9. The number of halogens is 3. The molecule has 0 radical (unpaired) electrons. The van der Waals surface area contributed by atoms with Gasteiger partial charge in [0.15, 0.2) is 11.6 Å². The van der Waals surface area contributed by atoms with E-state index in [0.29, 0.717) is 5.82 Å². The first-order valence-corrected chi connectivity index (χ1v) is 39.8. The summed E-state index contributed by atoms with van der Waals surface area (Å²) in [6.07, 6.45) is 3.59. The standard InChI is InChI=1S/2C34H22BrN3.C33H21BrN4/c35-26-17-20-33-29(21-26)28-13-7-8-14-32(28)38(33)27-18-15-24(16-19-27)31-22-30(23-9-3-1-4-10-23)36-34(37-31)25-11-5-2-6-12-25;35-26-17-20-33-29(21-26)28-13-7-8-14-32(28)38(33)27-18-15-25(16-19-27)34-36-30(23-9-3-1-4-10-23)22-31(37-34)24-11-5-2-6-12-24;34-24-13-16-33-27(21-24)26-7-1-2-10-32(26)38(33)25-14-11-22(12-15-25)23-19-30(28-8-3-5-17-35-28)37-31(20-23)29-9-4-6-18-36-29/h2*1-22H;1-21H. The van der Waals surface area contributed by atoms with Gasteiger partial charge in [-0.1, -0.05) is 260 Å². The van der Waals surface area contributed by atoms with Crippen LogP contribution in [0.3, 0.4) is 0 Å². The van der Waals surface area contributed by atoms with Crippen LogP contribution >= 0.6 is 47.8 Å². The molecule has 21 rings (SSSR count). The van der Waals surface area contributed by atoms with E-state index < -0.39 is 0 Å². The van der Waals surface area contributed by atoms with Gasteiger partial charge in [-0.25, -0.2) is 24.9 Å². The van der Waals surface area contributed by atoms with E-state index in [-0.39, 0.29) is 0 Å². The van der Waals surface area contributed by atoms with Crippen LogP contribution in [0, 0.1) is 0 Å². The molecule has 0 unspecified atom stereocenters. The Bertz CT molecular complexity index is 6230. The Morgan fingerprint density at radius 3 is 0.798 bits per heavy atom. The van der Waals surface area contributed by atoms with E-state index in [0.717, 1.165) is 126 Å². The molecule has 0 N–H and O–H groups in total. The highest BCUT2D eigenvalue weighted by atomic mass is 79.9. The summed E-state index contributed by atoms with van der Waals surface area (Å²) in [4.78, 5) is 33.8. The Morgan fingerprint density at radius 2 is 0.456 bits per heavy atom. The number of para-hydroxylation sites is 3. The second kappa shape index (κ2) is 31.2. The summed E-state index contributed by atoms with van der Waals surface area (Å²) in [5.74, 6) is 1.43. The molecule has 13 heteroatoms. The van der Waals surface area contributed by atoms with E-state index >= 15 is 0 Å². The summed E-state index contributed by atoms with van der Waals surface area (Å²) >= 11 is 10.9. The van der Waals surface area contributed by atoms with Crippen LogP contribution < -0.4 is 0 Å². The average molecular weight is 1660 g/mol. The molecule has 8 heterocycles. The maximum Gasteiger partial charge on any atom is 0.160 e. The molecule has 13 aromatic carbocycles.